The normalized spacial score (nSPS) is 16.9. The molecule has 142 valence electrons. The minimum absolute atomic E-state index is 0.0295. The maximum atomic E-state index is 12.6. The van der Waals surface area contributed by atoms with Crippen LogP contribution >= 0.6 is 11.6 Å². The van der Waals surface area contributed by atoms with Gasteiger partial charge in [-0.3, -0.25) is 9.59 Å². The second-order valence-corrected chi connectivity index (χ2v) is 7.15. The Labute approximate surface area is 164 Å². The fraction of sp³-hybridized carbons (Fsp3) is 0.333. The lowest BCUT2D eigenvalue weighted by Gasteiger charge is -2.32. The molecule has 0 radical (unpaired) electrons. The van der Waals surface area contributed by atoms with Crippen molar-refractivity contribution >= 4 is 23.4 Å². The Morgan fingerprint density at radius 2 is 2.00 bits per heavy atom. The zero-order valence-corrected chi connectivity index (χ0v) is 16.0. The molecule has 1 saturated heterocycles. The summed E-state index contributed by atoms with van der Waals surface area (Å²) in [4.78, 5) is 26.6. The summed E-state index contributed by atoms with van der Waals surface area (Å²) in [5.41, 5.74) is 1.94. The van der Waals surface area contributed by atoms with E-state index >= 15 is 0 Å². The summed E-state index contributed by atoms with van der Waals surface area (Å²) >= 11 is 5.98. The number of hydrogen-bond donors (Lipinski definition) is 1. The fourth-order valence-corrected chi connectivity index (χ4v) is 3.47. The molecule has 1 fully saturated rings. The molecular formula is C21H23ClN2O3. The molecule has 2 aromatic carbocycles. The van der Waals surface area contributed by atoms with Crippen molar-refractivity contribution in [2.45, 2.75) is 25.9 Å². The standard InChI is InChI=1S/C21H23ClN2O3/c1-27-19-7-3-5-16(11-19)13-24-14-17(8-9-20(24)25)21(26)23-12-15-4-2-6-18(22)10-15/h2-7,10-11,17H,8-9,12-14H2,1H3,(H,23,26)/t17-/m0/s1. The number of likely N-dealkylation sites (tertiary alicyclic amines) is 1. The molecule has 1 aliphatic heterocycles. The number of carbonyl (C=O) groups is 2. The number of amides is 2. The van der Waals surface area contributed by atoms with Gasteiger partial charge in [0, 0.05) is 31.1 Å². The van der Waals surface area contributed by atoms with Crippen molar-refractivity contribution in [2.24, 2.45) is 5.92 Å². The van der Waals surface area contributed by atoms with Gasteiger partial charge in [0.05, 0.1) is 13.0 Å². The van der Waals surface area contributed by atoms with E-state index in [2.05, 4.69) is 5.32 Å². The van der Waals surface area contributed by atoms with Gasteiger partial charge in [0.15, 0.2) is 0 Å². The topological polar surface area (TPSA) is 58.6 Å². The minimum Gasteiger partial charge on any atom is -0.497 e. The van der Waals surface area contributed by atoms with E-state index in [0.29, 0.717) is 37.5 Å². The number of nitrogens with one attached hydrogen (secondary N) is 1. The first-order chi connectivity index (χ1) is 13.0. The number of carbonyl (C=O) groups excluding carboxylic acids is 2. The summed E-state index contributed by atoms with van der Waals surface area (Å²) in [5, 5.41) is 3.61. The highest BCUT2D eigenvalue weighted by Gasteiger charge is 2.30. The van der Waals surface area contributed by atoms with E-state index in [9.17, 15) is 9.59 Å². The zero-order valence-electron chi connectivity index (χ0n) is 15.3. The number of nitrogens with zero attached hydrogens (tertiary/aromatic N) is 1. The summed E-state index contributed by atoms with van der Waals surface area (Å²) in [5.74, 6) is 0.607. The monoisotopic (exact) mass is 386 g/mol. The molecule has 0 spiro atoms. The third-order valence-corrected chi connectivity index (χ3v) is 4.97. The second kappa shape index (κ2) is 8.91. The van der Waals surface area contributed by atoms with Crippen molar-refractivity contribution in [3.05, 3.63) is 64.7 Å². The van der Waals surface area contributed by atoms with Crippen LogP contribution in [0.4, 0.5) is 0 Å². The lowest BCUT2D eigenvalue weighted by Crippen LogP contribution is -2.45. The average molecular weight is 387 g/mol. The second-order valence-electron chi connectivity index (χ2n) is 6.71. The Morgan fingerprint density at radius 3 is 2.78 bits per heavy atom. The number of rotatable bonds is 6. The first-order valence-electron chi connectivity index (χ1n) is 8.98. The SMILES string of the molecule is COc1cccc(CN2C[C@@H](C(=O)NCc3cccc(Cl)c3)CCC2=O)c1. The predicted molar refractivity (Wildman–Crippen MR) is 104 cm³/mol. The zero-order chi connectivity index (χ0) is 19.2. The molecule has 2 aromatic rings. The number of benzene rings is 2. The van der Waals surface area contributed by atoms with Gasteiger partial charge in [0.2, 0.25) is 11.8 Å². The van der Waals surface area contributed by atoms with Gasteiger partial charge in [-0.2, -0.15) is 0 Å². The maximum absolute atomic E-state index is 12.6. The van der Waals surface area contributed by atoms with Gasteiger partial charge in [0.1, 0.15) is 5.75 Å². The molecule has 1 N–H and O–H groups in total. The van der Waals surface area contributed by atoms with Gasteiger partial charge >= 0.3 is 0 Å². The fourth-order valence-electron chi connectivity index (χ4n) is 3.25. The molecule has 3 rings (SSSR count). The minimum atomic E-state index is -0.201. The van der Waals surface area contributed by atoms with Crippen molar-refractivity contribution < 1.29 is 14.3 Å². The Hall–Kier alpha value is -2.53. The van der Waals surface area contributed by atoms with Gasteiger partial charge in [-0.05, 0) is 41.8 Å². The summed E-state index contributed by atoms with van der Waals surface area (Å²) in [6.45, 7) is 1.34. The molecule has 0 aromatic heterocycles. The van der Waals surface area contributed by atoms with Crippen LogP contribution in [0, 0.1) is 5.92 Å². The van der Waals surface area contributed by atoms with Crippen molar-refractivity contribution in [3.63, 3.8) is 0 Å². The van der Waals surface area contributed by atoms with Crippen molar-refractivity contribution in [1.82, 2.24) is 10.2 Å². The first-order valence-corrected chi connectivity index (χ1v) is 9.36. The lowest BCUT2D eigenvalue weighted by molar-refractivity contribution is -0.139. The third-order valence-electron chi connectivity index (χ3n) is 4.73. The predicted octanol–water partition coefficient (Wildman–Crippen LogP) is 3.40. The van der Waals surface area contributed by atoms with E-state index in [1.54, 1.807) is 18.1 Å². The maximum Gasteiger partial charge on any atom is 0.225 e. The number of hydrogen-bond acceptors (Lipinski definition) is 3. The average Bonchev–Trinajstić information content (AvgIpc) is 2.68. The molecule has 0 saturated carbocycles. The summed E-state index contributed by atoms with van der Waals surface area (Å²) in [6.07, 6.45) is 0.966. The van der Waals surface area contributed by atoms with E-state index in [0.717, 1.165) is 16.9 Å². The van der Waals surface area contributed by atoms with Crippen LogP contribution < -0.4 is 10.1 Å². The Bertz CT molecular complexity index is 825. The highest BCUT2D eigenvalue weighted by Crippen LogP contribution is 2.22. The van der Waals surface area contributed by atoms with E-state index < -0.39 is 0 Å². The molecule has 0 unspecified atom stereocenters. The summed E-state index contributed by atoms with van der Waals surface area (Å²) in [7, 11) is 1.62. The van der Waals surface area contributed by atoms with Crippen LogP contribution in [0.1, 0.15) is 24.0 Å². The Kier molecular flexibility index (Phi) is 6.35. The number of ether oxygens (including phenoxy) is 1. The van der Waals surface area contributed by atoms with E-state index in [1.807, 2.05) is 42.5 Å². The van der Waals surface area contributed by atoms with Crippen LogP contribution in [-0.4, -0.2) is 30.4 Å². The van der Waals surface area contributed by atoms with Crippen LogP contribution in [0.3, 0.4) is 0 Å². The number of halogens is 1. The molecular weight excluding hydrogens is 364 g/mol. The Morgan fingerprint density at radius 1 is 1.22 bits per heavy atom. The van der Waals surface area contributed by atoms with E-state index in [-0.39, 0.29) is 17.7 Å². The Balaban J connectivity index is 1.58. The highest BCUT2D eigenvalue weighted by molar-refractivity contribution is 6.30. The molecule has 6 heteroatoms. The van der Waals surface area contributed by atoms with Crippen LogP contribution in [0.5, 0.6) is 5.75 Å². The number of methoxy groups -OCH3 is 1. The molecule has 27 heavy (non-hydrogen) atoms. The third kappa shape index (κ3) is 5.23. The molecule has 5 nitrogen and oxygen atoms in total. The van der Waals surface area contributed by atoms with Crippen LogP contribution in [0.15, 0.2) is 48.5 Å². The molecule has 0 aliphatic carbocycles. The quantitative estimate of drug-likeness (QED) is 0.827. The highest BCUT2D eigenvalue weighted by atomic mass is 35.5. The van der Waals surface area contributed by atoms with Gasteiger partial charge < -0.3 is 15.0 Å². The lowest BCUT2D eigenvalue weighted by atomic mass is 9.96. The van der Waals surface area contributed by atoms with Gasteiger partial charge in [-0.15, -0.1) is 0 Å². The van der Waals surface area contributed by atoms with Gasteiger partial charge in [-0.1, -0.05) is 35.9 Å². The van der Waals surface area contributed by atoms with E-state index in [4.69, 9.17) is 16.3 Å². The largest absolute Gasteiger partial charge is 0.497 e. The van der Waals surface area contributed by atoms with Gasteiger partial charge in [0.25, 0.3) is 0 Å². The van der Waals surface area contributed by atoms with Gasteiger partial charge in [-0.25, -0.2) is 0 Å². The molecule has 1 atom stereocenters. The molecule has 1 heterocycles. The molecule has 1 aliphatic rings. The van der Waals surface area contributed by atoms with Crippen LogP contribution in [0.2, 0.25) is 5.02 Å². The van der Waals surface area contributed by atoms with Crippen molar-refractivity contribution in [3.8, 4) is 5.75 Å². The summed E-state index contributed by atoms with van der Waals surface area (Å²) < 4.78 is 5.24. The summed E-state index contributed by atoms with van der Waals surface area (Å²) in [6, 6.07) is 15.1. The smallest absolute Gasteiger partial charge is 0.225 e. The molecule has 0 bridgehead atoms. The van der Waals surface area contributed by atoms with Crippen molar-refractivity contribution in [2.75, 3.05) is 13.7 Å². The van der Waals surface area contributed by atoms with Crippen LogP contribution in [0.25, 0.3) is 0 Å². The number of piperidine rings is 1. The molecule has 2 amide bonds. The van der Waals surface area contributed by atoms with Crippen molar-refractivity contribution in [1.29, 1.82) is 0 Å². The first kappa shape index (κ1) is 19.2. The van der Waals surface area contributed by atoms with Crippen LogP contribution in [-0.2, 0) is 22.7 Å². The van der Waals surface area contributed by atoms with E-state index in [1.165, 1.54) is 0 Å².